The second kappa shape index (κ2) is 11.3. The number of imide groups is 2. The Kier molecular flexibility index (Phi) is 7.37. The molecule has 0 bridgehead atoms. The molecule has 4 heterocycles. The van der Waals surface area contributed by atoms with Crippen molar-refractivity contribution >= 4 is 66.9 Å². The summed E-state index contributed by atoms with van der Waals surface area (Å²) in [6.45, 7) is 7.77. The average molecular weight is 769 g/mol. The Morgan fingerprint density at radius 1 is 0.438 bits per heavy atom. The van der Waals surface area contributed by atoms with E-state index in [4.69, 9.17) is 0 Å². The van der Waals surface area contributed by atoms with Gasteiger partial charge in [-0.3, -0.25) is 19.2 Å². The number of carbonyl (C=O) groups is 4. The zero-order valence-corrected chi connectivity index (χ0v) is 29.9. The predicted molar refractivity (Wildman–Crippen MR) is 189 cm³/mol. The number of benzene rings is 4. The first-order chi connectivity index (χ1) is 22.9. The highest BCUT2D eigenvalue weighted by Crippen LogP contribution is 2.60. The third-order valence-electron chi connectivity index (χ3n) is 10.1. The third kappa shape index (κ3) is 4.60. The number of hydrazine groups is 1. The molecule has 0 aromatic heterocycles. The molecule has 0 saturated carbocycles. The Morgan fingerprint density at radius 2 is 0.750 bits per heavy atom. The molecule has 8 rings (SSSR count). The third-order valence-corrected chi connectivity index (χ3v) is 11.1. The molecule has 8 nitrogen and oxygen atoms in total. The molecule has 6 unspecified atom stereocenters. The summed E-state index contributed by atoms with van der Waals surface area (Å²) in [6, 6.07) is 23.6. The molecule has 0 spiro atoms. The van der Waals surface area contributed by atoms with Gasteiger partial charge in [-0.15, -0.1) is 0 Å². The van der Waals surface area contributed by atoms with Crippen LogP contribution in [0.25, 0.3) is 0 Å². The average Bonchev–Trinajstić information content (AvgIpc) is 3.68. The number of halogens is 2. The van der Waals surface area contributed by atoms with Crippen LogP contribution in [0.3, 0.4) is 0 Å². The number of fused-ring (bicyclic) bond motifs is 5. The molecular formula is C38H32Br2N4O4. The van der Waals surface area contributed by atoms with Crippen molar-refractivity contribution in [1.29, 1.82) is 0 Å². The van der Waals surface area contributed by atoms with E-state index in [9.17, 15) is 19.2 Å². The maximum atomic E-state index is 14.7. The number of nitrogens with zero attached hydrogens (tertiary/aromatic N) is 4. The van der Waals surface area contributed by atoms with Crippen LogP contribution in [-0.2, 0) is 19.2 Å². The largest absolute Gasteiger partial charge is 0.274 e. The second-order valence-corrected chi connectivity index (χ2v) is 15.2. The Morgan fingerprint density at radius 3 is 1.06 bits per heavy atom. The number of rotatable bonds is 4. The molecule has 10 heteroatoms. The van der Waals surface area contributed by atoms with Crippen LogP contribution in [0.15, 0.2) is 93.9 Å². The molecule has 4 aromatic rings. The quantitative estimate of drug-likeness (QED) is 0.211. The molecule has 4 fully saturated rings. The molecule has 242 valence electrons. The number of aryl methyl sites for hydroxylation is 4. The van der Waals surface area contributed by atoms with Crippen LogP contribution in [0.5, 0.6) is 0 Å². The Bertz CT molecular complexity index is 1860. The summed E-state index contributed by atoms with van der Waals surface area (Å²) in [6.07, 6.45) is 0. The fourth-order valence-corrected chi connectivity index (χ4v) is 9.01. The summed E-state index contributed by atoms with van der Waals surface area (Å²) in [5, 5.41) is 3.82. The van der Waals surface area contributed by atoms with E-state index in [-0.39, 0.29) is 23.6 Å². The molecule has 4 amide bonds. The van der Waals surface area contributed by atoms with Crippen molar-refractivity contribution in [3.63, 3.8) is 0 Å². The van der Waals surface area contributed by atoms with Crippen LogP contribution in [0.4, 0.5) is 11.4 Å². The van der Waals surface area contributed by atoms with Gasteiger partial charge in [0.2, 0.25) is 11.8 Å². The van der Waals surface area contributed by atoms with E-state index in [1.54, 1.807) is 0 Å². The van der Waals surface area contributed by atoms with Crippen molar-refractivity contribution in [3.8, 4) is 0 Å². The van der Waals surface area contributed by atoms with Crippen LogP contribution in [0, 0.1) is 39.5 Å². The van der Waals surface area contributed by atoms with E-state index >= 15 is 0 Å². The number of hydrogen-bond acceptors (Lipinski definition) is 6. The molecule has 0 N–H and O–H groups in total. The highest BCUT2D eigenvalue weighted by Gasteiger charge is 2.73. The Balaban J connectivity index is 1.34. The van der Waals surface area contributed by atoms with Gasteiger partial charge in [0.05, 0.1) is 35.3 Å². The monoisotopic (exact) mass is 766 g/mol. The van der Waals surface area contributed by atoms with Crippen molar-refractivity contribution in [3.05, 3.63) is 127 Å². The van der Waals surface area contributed by atoms with Gasteiger partial charge in [0, 0.05) is 8.95 Å². The van der Waals surface area contributed by atoms with Crippen molar-refractivity contribution in [2.24, 2.45) is 11.8 Å². The van der Waals surface area contributed by atoms with E-state index in [2.05, 4.69) is 31.9 Å². The fraction of sp³-hybridized carbons (Fsp3) is 0.263. The summed E-state index contributed by atoms with van der Waals surface area (Å²) in [5.74, 6) is -2.95. The second-order valence-electron chi connectivity index (χ2n) is 13.4. The first kappa shape index (κ1) is 31.3. The highest BCUT2D eigenvalue weighted by molar-refractivity contribution is 9.10. The van der Waals surface area contributed by atoms with Gasteiger partial charge in [0.25, 0.3) is 11.8 Å². The minimum Gasteiger partial charge on any atom is -0.274 e. The van der Waals surface area contributed by atoms with Gasteiger partial charge < -0.3 is 0 Å². The lowest BCUT2D eigenvalue weighted by Gasteiger charge is -2.36. The lowest BCUT2D eigenvalue weighted by molar-refractivity contribution is -0.136. The topological polar surface area (TPSA) is 81.2 Å². The van der Waals surface area contributed by atoms with Crippen molar-refractivity contribution < 1.29 is 19.2 Å². The summed E-state index contributed by atoms with van der Waals surface area (Å²) in [7, 11) is 0. The molecule has 0 radical (unpaired) electrons. The van der Waals surface area contributed by atoms with Crippen molar-refractivity contribution in [2.45, 2.75) is 51.9 Å². The van der Waals surface area contributed by atoms with Gasteiger partial charge >= 0.3 is 0 Å². The number of amides is 4. The zero-order valence-electron chi connectivity index (χ0n) is 26.7. The van der Waals surface area contributed by atoms with Gasteiger partial charge in [-0.25, -0.2) is 19.8 Å². The van der Waals surface area contributed by atoms with Crippen LogP contribution < -0.4 is 9.80 Å². The standard InChI is InChI=1S/C38H32Br2N4O4/c1-19-13-20(2)16-27(15-19)41-35(45)29-31(23-5-9-25(39)10-6-23)44-34-30(36(46)42(38(34)48)28-17-21(3)14-22(4)18-28)32(43(44)33(29)37(41)47)24-7-11-26(40)12-8-24/h5-18,29-34H,1-4H3. The zero-order chi connectivity index (χ0) is 33.8. The Hall–Kier alpha value is -3.96. The van der Waals surface area contributed by atoms with Crippen molar-refractivity contribution in [1.82, 2.24) is 10.0 Å². The van der Waals surface area contributed by atoms with E-state index in [1.807, 2.05) is 123 Å². The predicted octanol–water partition coefficient (Wildman–Crippen LogP) is 6.89. The van der Waals surface area contributed by atoms with E-state index in [0.717, 1.165) is 42.3 Å². The number of hydrogen-bond donors (Lipinski definition) is 0. The molecule has 0 aliphatic carbocycles. The van der Waals surface area contributed by atoms with Crippen LogP contribution >= 0.6 is 31.9 Å². The van der Waals surface area contributed by atoms with E-state index < -0.39 is 36.0 Å². The van der Waals surface area contributed by atoms with Gasteiger partial charge in [0.15, 0.2) is 0 Å². The van der Waals surface area contributed by atoms with Gasteiger partial charge in [0.1, 0.15) is 12.1 Å². The lowest BCUT2D eigenvalue weighted by Crippen LogP contribution is -2.50. The summed E-state index contributed by atoms with van der Waals surface area (Å²) < 4.78 is 1.73. The molecule has 6 atom stereocenters. The molecule has 4 saturated heterocycles. The highest BCUT2D eigenvalue weighted by atomic mass is 79.9. The van der Waals surface area contributed by atoms with Crippen LogP contribution in [-0.4, -0.2) is 45.7 Å². The number of carbonyl (C=O) groups excluding carboxylic acids is 4. The fourth-order valence-electron chi connectivity index (χ4n) is 8.49. The lowest BCUT2D eigenvalue weighted by atomic mass is 9.84. The van der Waals surface area contributed by atoms with Crippen molar-refractivity contribution in [2.75, 3.05) is 9.80 Å². The molecule has 4 aliphatic heterocycles. The van der Waals surface area contributed by atoms with Gasteiger partial charge in [-0.05, 0) is 110 Å². The van der Waals surface area contributed by atoms with E-state index in [0.29, 0.717) is 11.4 Å². The molecule has 4 aliphatic rings. The molecule has 48 heavy (non-hydrogen) atoms. The smallest absolute Gasteiger partial charge is 0.253 e. The summed E-state index contributed by atoms with van der Waals surface area (Å²) in [5.41, 5.74) is 6.43. The maximum absolute atomic E-state index is 14.7. The minimum absolute atomic E-state index is 0.314. The van der Waals surface area contributed by atoms with E-state index in [1.165, 1.54) is 9.80 Å². The first-order valence-corrected chi connectivity index (χ1v) is 17.5. The minimum atomic E-state index is -0.915. The molecule has 4 aromatic carbocycles. The van der Waals surface area contributed by atoms with Gasteiger partial charge in [-0.1, -0.05) is 68.3 Å². The van der Waals surface area contributed by atoms with Crippen LogP contribution in [0.1, 0.15) is 45.5 Å². The SMILES string of the molecule is Cc1cc(C)cc(N2C(=O)C3C(C2=O)N2C(c4ccc(Br)cc4)C4C(=O)N(c5cc(C)cc(C)c5)C(=O)C4N2C3c2ccc(Br)cc2)c1. The first-order valence-electron chi connectivity index (χ1n) is 15.9. The number of anilines is 2. The normalized spacial score (nSPS) is 26.9. The Labute approximate surface area is 295 Å². The summed E-state index contributed by atoms with van der Waals surface area (Å²) >= 11 is 7.07. The molecular weight excluding hydrogens is 736 g/mol. The maximum Gasteiger partial charge on any atom is 0.253 e. The summed E-state index contributed by atoms with van der Waals surface area (Å²) in [4.78, 5) is 61.4. The van der Waals surface area contributed by atoms with Crippen LogP contribution in [0.2, 0.25) is 0 Å². The van der Waals surface area contributed by atoms with Gasteiger partial charge in [-0.2, -0.15) is 0 Å².